The van der Waals surface area contributed by atoms with Crippen LogP contribution in [0.25, 0.3) is 0 Å². The van der Waals surface area contributed by atoms with Crippen LogP contribution in [-0.2, 0) is 4.79 Å². The van der Waals surface area contributed by atoms with E-state index in [0.717, 1.165) is 19.3 Å². The van der Waals surface area contributed by atoms with Crippen LogP contribution in [0.5, 0.6) is 0 Å². The first-order valence-electron chi connectivity index (χ1n) is 14.0. The molecule has 31 heavy (non-hydrogen) atoms. The van der Waals surface area contributed by atoms with Gasteiger partial charge >= 0.3 is 5.97 Å². The highest BCUT2D eigenvalue weighted by atomic mass is 16.4. The Labute approximate surface area is 194 Å². The molecular weight excluding hydrogens is 384 g/mol. The van der Waals surface area contributed by atoms with Gasteiger partial charge in [-0.15, -0.1) is 0 Å². The molecule has 0 aromatic carbocycles. The van der Waals surface area contributed by atoms with Gasteiger partial charge in [0.1, 0.15) is 0 Å². The quantitative estimate of drug-likeness (QED) is 0.132. The first kappa shape index (κ1) is 30.4. The van der Waals surface area contributed by atoms with Crippen molar-refractivity contribution in [3.05, 3.63) is 0 Å². The molecule has 0 aliphatic heterocycles. The van der Waals surface area contributed by atoms with Crippen molar-refractivity contribution >= 4 is 5.97 Å². The summed E-state index contributed by atoms with van der Waals surface area (Å²) >= 11 is 0. The van der Waals surface area contributed by atoms with Crippen LogP contribution in [0.3, 0.4) is 0 Å². The fraction of sp³-hybridized carbons (Fsp3) is 0.964. The number of hydrogen-bond acceptors (Lipinski definition) is 2. The summed E-state index contributed by atoms with van der Waals surface area (Å²) in [6.45, 7) is 1.89. The van der Waals surface area contributed by atoms with Crippen LogP contribution < -0.4 is 0 Å². The molecular formula is C28H56O3. The molecule has 0 aromatic rings. The fourth-order valence-electron chi connectivity index (χ4n) is 4.43. The van der Waals surface area contributed by atoms with E-state index >= 15 is 0 Å². The summed E-state index contributed by atoms with van der Waals surface area (Å²) < 4.78 is 0. The number of carboxylic acid groups (broad SMARTS) is 1. The van der Waals surface area contributed by atoms with Gasteiger partial charge in [0, 0.05) is 6.42 Å². The lowest BCUT2D eigenvalue weighted by Crippen LogP contribution is -1.98. The Hall–Kier alpha value is -0.570. The second kappa shape index (κ2) is 25.7. The summed E-state index contributed by atoms with van der Waals surface area (Å²) in [4.78, 5) is 10.4. The Morgan fingerprint density at radius 2 is 0.710 bits per heavy atom. The molecule has 0 amide bonds. The molecule has 0 fully saturated rings. The average Bonchev–Trinajstić information content (AvgIpc) is 2.73. The zero-order chi connectivity index (χ0) is 22.8. The summed E-state index contributed by atoms with van der Waals surface area (Å²) in [5.74, 6) is -0.654. The Kier molecular flexibility index (Phi) is 25.2. The van der Waals surface area contributed by atoms with E-state index in [0.29, 0.717) is 6.42 Å². The molecule has 1 atom stereocenters. The Bertz CT molecular complexity index is 354. The highest BCUT2D eigenvalue weighted by Crippen LogP contribution is 2.15. The second-order valence-electron chi connectivity index (χ2n) is 9.91. The van der Waals surface area contributed by atoms with Crippen LogP contribution in [-0.4, -0.2) is 22.3 Å². The molecule has 0 aromatic heterocycles. The van der Waals surface area contributed by atoms with Crippen molar-refractivity contribution in [2.45, 2.75) is 174 Å². The van der Waals surface area contributed by atoms with E-state index in [1.54, 1.807) is 0 Å². The van der Waals surface area contributed by atoms with Crippen LogP contribution in [0, 0.1) is 0 Å². The third kappa shape index (κ3) is 29.4. The fourth-order valence-corrected chi connectivity index (χ4v) is 4.43. The lowest BCUT2D eigenvalue weighted by molar-refractivity contribution is -0.137. The van der Waals surface area contributed by atoms with Crippen molar-refractivity contribution in [1.29, 1.82) is 0 Å². The Morgan fingerprint density at radius 3 is 0.935 bits per heavy atom. The van der Waals surface area contributed by atoms with Gasteiger partial charge in [0.25, 0.3) is 0 Å². The van der Waals surface area contributed by atoms with Gasteiger partial charge in [-0.2, -0.15) is 0 Å². The zero-order valence-electron chi connectivity index (χ0n) is 21.1. The van der Waals surface area contributed by atoms with Crippen molar-refractivity contribution < 1.29 is 15.0 Å². The second-order valence-corrected chi connectivity index (χ2v) is 9.91. The smallest absolute Gasteiger partial charge is 0.303 e. The molecule has 0 spiro atoms. The first-order valence-corrected chi connectivity index (χ1v) is 14.0. The Morgan fingerprint density at radius 1 is 0.484 bits per heavy atom. The maximum Gasteiger partial charge on any atom is 0.303 e. The molecule has 0 heterocycles. The molecule has 0 rings (SSSR count). The number of hydrogen-bond donors (Lipinski definition) is 2. The molecule has 0 aliphatic carbocycles. The molecule has 186 valence electrons. The van der Waals surface area contributed by atoms with Crippen LogP contribution in [0.1, 0.15) is 167 Å². The zero-order valence-corrected chi connectivity index (χ0v) is 21.1. The minimum Gasteiger partial charge on any atom is -0.481 e. The molecule has 0 radical (unpaired) electrons. The number of carboxylic acids is 1. The van der Waals surface area contributed by atoms with Crippen LogP contribution in [0.15, 0.2) is 0 Å². The number of aliphatic carboxylic acids is 1. The van der Waals surface area contributed by atoms with Gasteiger partial charge in [-0.1, -0.05) is 141 Å². The average molecular weight is 441 g/mol. The molecule has 0 aliphatic rings. The number of aliphatic hydroxyl groups is 1. The van der Waals surface area contributed by atoms with E-state index in [2.05, 4.69) is 0 Å². The number of carbonyl (C=O) groups is 1. The van der Waals surface area contributed by atoms with Gasteiger partial charge < -0.3 is 10.2 Å². The highest BCUT2D eigenvalue weighted by Gasteiger charge is 1.98. The van der Waals surface area contributed by atoms with Gasteiger partial charge in [-0.3, -0.25) is 4.79 Å². The predicted molar refractivity (Wildman–Crippen MR) is 135 cm³/mol. The van der Waals surface area contributed by atoms with E-state index in [4.69, 9.17) is 5.11 Å². The largest absolute Gasteiger partial charge is 0.481 e. The summed E-state index contributed by atoms with van der Waals surface area (Å²) in [5, 5.41) is 17.8. The topological polar surface area (TPSA) is 57.5 Å². The van der Waals surface area contributed by atoms with Crippen molar-refractivity contribution in [1.82, 2.24) is 0 Å². The maximum absolute atomic E-state index is 10.4. The van der Waals surface area contributed by atoms with E-state index in [1.165, 1.54) is 135 Å². The van der Waals surface area contributed by atoms with Crippen molar-refractivity contribution in [2.75, 3.05) is 0 Å². The monoisotopic (exact) mass is 440 g/mol. The lowest BCUT2D eigenvalue weighted by Gasteiger charge is -2.05. The third-order valence-corrected chi connectivity index (χ3v) is 6.51. The Balaban J connectivity index is 3.01. The van der Waals surface area contributed by atoms with Crippen LogP contribution in [0.2, 0.25) is 0 Å². The van der Waals surface area contributed by atoms with Gasteiger partial charge in [-0.25, -0.2) is 0 Å². The maximum atomic E-state index is 10.4. The minimum absolute atomic E-state index is 0.115. The molecule has 2 N–H and O–H groups in total. The summed E-state index contributed by atoms with van der Waals surface area (Å²) in [6, 6.07) is 0. The van der Waals surface area contributed by atoms with E-state index in [1.807, 2.05) is 6.92 Å². The van der Waals surface area contributed by atoms with Gasteiger partial charge in [0.2, 0.25) is 0 Å². The molecule has 0 saturated heterocycles. The molecule has 3 nitrogen and oxygen atoms in total. The van der Waals surface area contributed by atoms with E-state index in [9.17, 15) is 9.90 Å². The summed E-state index contributed by atoms with van der Waals surface area (Å²) in [5.41, 5.74) is 0. The van der Waals surface area contributed by atoms with Crippen molar-refractivity contribution in [3.8, 4) is 0 Å². The summed E-state index contributed by atoms with van der Waals surface area (Å²) in [7, 11) is 0. The van der Waals surface area contributed by atoms with Crippen LogP contribution in [0.4, 0.5) is 0 Å². The van der Waals surface area contributed by atoms with E-state index < -0.39 is 5.97 Å². The standard InChI is InChI=1S/C28H56O3/c1-27(29)25-23-21-19-17-15-13-11-9-7-5-3-2-4-6-8-10-12-14-16-18-20-22-24-26-28(30)31/h27,29H,2-26H2,1H3,(H,30,31). The van der Waals surface area contributed by atoms with Gasteiger partial charge in [0.15, 0.2) is 0 Å². The van der Waals surface area contributed by atoms with Gasteiger partial charge in [0.05, 0.1) is 6.10 Å². The number of rotatable bonds is 26. The number of unbranched alkanes of at least 4 members (excludes halogenated alkanes) is 22. The number of aliphatic hydroxyl groups excluding tert-OH is 1. The summed E-state index contributed by atoms with van der Waals surface area (Å²) in [6.07, 6.45) is 32.0. The van der Waals surface area contributed by atoms with Crippen LogP contribution >= 0.6 is 0 Å². The lowest BCUT2D eigenvalue weighted by atomic mass is 10.0. The third-order valence-electron chi connectivity index (χ3n) is 6.51. The van der Waals surface area contributed by atoms with Crippen molar-refractivity contribution in [3.63, 3.8) is 0 Å². The normalized spacial score (nSPS) is 12.3. The predicted octanol–water partition coefficient (Wildman–Crippen LogP) is 9.20. The van der Waals surface area contributed by atoms with Crippen molar-refractivity contribution in [2.24, 2.45) is 0 Å². The molecule has 0 saturated carbocycles. The molecule has 0 bridgehead atoms. The van der Waals surface area contributed by atoms with E-state index in [-0.39, 0.29) is 6.10 Å². The highest BCUT2D eigenvalue weighted by molar-refractivity contribution is 5.66. The minimum atomic E-state index is -0.654. The molecule has 3 heteroatoms. The van der Waals surface area contributed by atoms with Gasteiger partial charge in [-0.05, 0) is 19.8 Å². The molecule has 1 unspecified atom stereocenters. The first-order chi connectivity index (χ1) is 15.1. The SMILES string of the molecule is CC(O)CCCCCCCCCCCCCCCCCCCCCCCCCC(=O)O.